The van der Waals surface area contributed by atoms with E-state index >= 15 is 0 Å². The second-order valence-electron chi connectivity index (χ2n) is 2.87. The van der Waals surface area contributed by atoms with Crippen LogP contribution >= 0.6 is 0 Å². The average Bonchev–Trinajstić information content (AvgIpc) is 2.62. The predicted octanol–water partition coefficient (Wildman–Crippen LogP) is 2.17. The second-order valence-corrected chi connectivity index (χ2v) is 2.87. The zero-order valence-electron chi connectivity index (χ0n) is 7.20. The summed E-state index contributed by atoms with van der Waals surface area (Å²) in [4.78, 5) is 3.14. The summed E-state index contributed by atoms with van der Waals surface area (Å²) in [5.74, 6) is 0. The minimum atomic E-state index is 0.0841. The average molecular weight is 173 g/mol. The number of benzene rings is 1. The van der Waals surface area contributed by atoms with Crippen molar-refractivity contribution in [2.75, 3.05) is 6.61 Å². The van der Waals surface area contributed by atoms with E-state index in [2.05, 4.69) is 4.98 Å². The number of aromatic amines is 1. The fraction of sp³-hybridized carbons (Fsp3) is 0.0909. The van der Waals surface area contributed by atoms with Crippen molar-refractivity contribution in [1.82, 2.24) is 4.98 Å². The van der Waals surface area contributed by atoms with Crippen LogP contribution in [-0.2, 0) is 0 Å². The summed E-state index contributed by atoms with van der Waals surface area (Å²) in [6.45, 7) is 0.0841. The van der Waals surface area contributed by atoms with Crippen LogP contribution in [0.15, 0.2) is 36.5 Å². The lowest BCUT2D eigenvalue weighted by molar-refractivity contribution is 0.343. The molecule has 2 heteroatoms. The molecule has 1 heterocycles. The molecule has 0 spiro atoms. The second kappa shape index (κ2) is 3.46. The third-order valence-corrected chi connectivity index (χ3v) is 2.03. The fourth-order valence-corrected chi connectivity index (χ4v) is 1.43. The van der Waals surface area contributed by atoms with Crippen molar-refractivity contribution in [3.8, 4) is 0 Å². The number of H-pyrrole nitrogens is 1. The van der Waals surface area contributed by atoms with E-state index in [1.807, 2.05) is 36.5 Å². The summed E-state index contributed by atoms with van der Waals surface area (Å²) in [6, 6.07) is 8.09. The molecule has 1 aromatic carbocycles. The van der Waals surface area contributed by atoms with Gasteiger partial charge in [-0.2, -0.15) is 0 Å². The molecule has 13 heavy (non-hydrogen) atoms. The zero-order chi connectivity index (χ0) is 9.10. The highest BCUT2D eigenvalue weighted by molar-refractivity contribution is 5.88. The Kier molecular flexibility index (Phi) is 2.15. The molecular formula is C11H11NO. The molecule has 0 saturated heterocycles. The summed E-state index contributed by atoms with van der Waals surface area (Å²) < 4.78 is 0. The van der Waals surface area contributed by atoms with Gasteiger partial charge in [-0.1, -0.05) is 24.3 Å². The predicted molar refractivity (Wildman–Crippen MR) is 54.4 cm³/mol. The van der Waals surface area contributed by atoms with Crippen LogP contribution in [-0.4, -0.2) is 16.7 Å². The standard InChI is InChI=1S/C11H11NO/c13-8-2-4-9-3-1-5-11-10(9)6-7-12-11/h1-7,12-13H,8H2. The highest BCUT2D eigenvalue weighted by Crippen LogP contribution is 2.18. The molecule has 0 bridgehead atoms. The first-order chi connectivity index (χ1) is 6.42. The first-order valence-corrected chi connectivity index (χ1v) is 4.25. The molecule has 2 nitrogen and oxygen atoms in total. The van der Waals surface area contributed by atoms with Crippen LogP contribution in [0, 0.1) is 0 Å². The van der Waals surface area contributed by atoms with Gasteiger partial charge in [0.15, 0.2) is 0 Å². The SMILES string of the molecule is OCC=Cc1cccc2[nH]ccc12. The fourth-order valence-electron chi connectivity index (χ4n) is 1.43. The molecule has 0 atom stereocenters. The third kappa shape index (κ3) is 1.48. The van der Waals surface area contributed by atoms with Gasteiger partial charge in [0.1, 0.15) is 0 Å². The van der Waals surface area contributed by atoms with Crippen LogP contribution in [0.5, 0.6) is 0 Å². The third-order valence-electron chi connectivity index (χ3n) is 2.03. The Bertz CT molecular complexity index is 428. The highest BCUT2D eigenvalue weighted by Gasteiger charge is 1.96. The molecule has 66 valence electrons. The molecular weight excluding hydrogens is 162 g/mol. The molecule has 2 rings (SSSR count). The largest absolute Gasteiger partial charge is 0.392 e. The Labute approximate surface area is 76.5 Å². The Morgan fingerprint density at radius 3 is 3.08 bits per heavy atom. The maximum absolute atomic E-state index is 8.66. The Balaban J connectivity index is 2.54. The molecule has 0 saturated carbocycles. The Morgan fingerprint density at radius 2 is 2.23 bits per heavy atom. The van der Waals surface area contributed by atoms with E-state index in [1.54, 1.807) is 6.08 Å². The van der Waals surface area contributed by atoms with Crippen molar-refractivity contribution in [3.63, 3.8) is 0 Å². The molecule has 0 unspecified atom stereocenters. The summed E-state index contributed by atoms with van der Waals surface area (Å²) in [5, 5.41) is 9.84. The van der Waals surface area contributed by atoms with E-state index in [-0.39, 0.29) is 6.61 Å². The lowest BCUT2D eigenvalue weighted by Gasteiger charge is -1.95. The molecule has 0 aliphatic carbocycles. The zero-order valence-corrected chi connectivity index (χ0v) is 7.20. The van der Waals surface area contributed by atoms with Gasteiger partial charge in [-0.05, 0) is 17.7 Å². The molecule has 0 fully saturated rings. The number of fused-ring (bicyclic) bond motifs is 1. The van der Waals surface area contributed by atoms with E-state index in [4.69, 9.17) is 5.11 Å². The van der Waals surface area contributed by atoms with Crippen LogP contribution in [0.2, 0.25) is 0 Å². The minimum Gasteiger partial charge on any atom is -0.392 e. The monoisotopic (exact) mass is 173 g/mol. The van der Waals surface area contributed by atoms with Crippen LogP contribution in [0.25, 0.3) is 17.0 Å². The Hall–Kier alpha value is -1.54. The number of aliphatic hydroxyl groups is 1. The van der Waals surface area contributed by atoms with Gasteiger partial charge in [-0.3, -0.25) is 0 Å². The number of hydrogen-bond acceptors (Lipinski definition) is 1. The maximum atomic E-state index is 8.66. The Morgan fingerprint density at radius 1 is 1.31 bits per heavy atom. The van der Waals surface area contributed by atoms with Crippen LogP contribution in [0.1, 0.15) is 5.56 Å². The van der Waals surface area contributed by atoms with Crippen molar-refractivity contribution in [2.24, 2.45) is 0 Å². The number of nitrogens with one attached hydrogen (secondary N) is 1. The molecule has 0 aliphatic heterocycles. The van der Waals surface area contributed by atoms with Crippen LogP contribution < -0.4 is 0 Å². The number of rotatable bonds is 2. The normalized spacial score (nSPS) is 11.5. The first kappa shape index (κ1) is 8.08. The van der Waals surface area contributed by atoms with E-state index in [0.717, 1.165) is 11.1 Å². The van der Waals surface area contributed by atoms with Crippen molar-refractivity contribution in [2.45, 2.75) is 0 Å². The molecule has 0 radical (unpaired) electrons. The smallest absolute Gasteiger partial charge is 0.0615 e. The molecule has 2 N–H and O–H groups in total. The lowest BCUT2D eigenvalue weighted by Crippen LogP contribution is -1.76. The van der Waals surface area contributed by atoms with Crippen molar-refractivity contribution in [1.29, 1.82) is 0 Å². The molecule has 0 aliphatic rings. The van der Waals surface area contributed by atoms with Crippen molar-refractivity contribution >= 4 is 17.0 Å². The van der Waals surface area contributed by atoms with Gasteiger partial charge < -0.3 is 10.1 Å². The molecule has 2 aromatic rings. The summed E-state index contributed by atoms with van der Waals surface area (Å²) in [7, 11) is 0. The summed E-state index contributed by atoms with van der Waals surface area (Å²) >= 11 is 0. The van der Waals surface area contributed by atoms with Gasteiger partial charge in [-0.15, -0.1) is 0 Å². The van der Waals surface area contributed by atoms with Crippen molar-refractivity contribution in [3.05, 3.63) is 42.1 Å². The summed E-state index contributed by atoms with van der Waals surface area (Å²) in [6.07, 6.45) is 5.58. The number of aromatic nitrogens is 1. The van der Waals surface area contributed by atoms with Gasteiger partial charge in [-0.25, -0.2) is 0 Å². The van der Waals surface area contributed by atoms with Gasteiger partial charge in [0.05, 0.1) is 6.61 Å². The number of hydrogen-bond donors (Lipinski definition) is 2. The van der Waals surface area contributed by atoms with E-state index < -0.39 is 0 Å². The van der Waals surface area contributed by atoms with Crippen molar-refractivity contribution < 1.29 is 5.11 Å². The lowest BCUT2D eigenvalue weighted by atomic mass is 10.1. The van der Waals surface area contributed by atoms with E-state index in [9.17, 15) is 0 Å². The highest BCUT2D eigenvalue weighted by atomic mass is 16.2. The first-order valence-electron chi connectivity index (χ1n) is 4.25. The maximum Gasteiger partial charge on any atom is 0.0615 e. The molecule has 0 amide bonds. The van der Waals surface area contributed by atoms with E-state index in [1.165, 1.54) is 5.39 Å². The van der Waals surface area contributed by atoms with Gasteiger partial charge in [0.2, 0.25) is 0 Å². The van der Waals surface area contributed by atoms with Crippen LogP contribution in [0.3, 0.4) is 0 Å². The van der Waals surface area contributed by atoms with Crippen LogP contribution in [0.4, 0.5) is 0 Å². The van der Waals surface area contributed by atoms with Gasteiger partial charge in [0.25, 0.3) is 0 Å². The number of aliphatic hydroxyl groups excluding tert-OH is 1. The topological polar surface area (TPSA) is 36.0 Å². The van der Waals surface area contributed by atoms with Gasteiger partial charge >= 0.3 is 0 Å². The van der Waals surface area contributed by atoms with Gasteiger partial charge in [0, 0.05) is 17.1 Å². The minimum absolute atomic E-state index is 0.0841. The summed E-state index contributed by atoms with van der Waals surface area (Å²) in [5.41, 5.74) is 2.26. The van der Waals surface area contributed by atoms with E-state index in [0.29, 0.717) is 0 Å². The molecule has 1 aromatic heterocycles. The quantitative estimate of drug-likeness (QED) is 0.717.